The van der Waals surface area contributed by atoms with Gasteiger partial charge >= 0.3 is 0 Å². The highest BCUT2D eigenvalue weighted by Crippen LogP contribution is 2.03. The van der Waals surface area contributed by atoms with Crippen molar-refractivity contribution in [3.63, 3.8) is 0 Å². The molecule has 1 rings (SSSR count). The van der Waals surface area contributed by atoms with Crippen LogP contribution in [0.25, 0.3) is 0 Å². The van der Waals surface area contributed by atoms with E-state index < -0.39 is 0 Å². The van der Waals surface area contributed by atoms with E-state index in [2.05, 4.69) is 31.3 Å². The van der Waals surface area contributed by atoms with Crippen molar-refractivity contribution in [1.29, 1.82) is 0 Å². The minimum atomic E-state index is 1.11. The van der Waals surface area contributed by atoms with Crippen molar-refractivity contribution in [2.24, 2.45) is 0 Å². The molecule has 2 heteroatoms. The van der Waals surface area contributed by atoms with Crippen LogP contribution in [0.5, 0.6) is 0 Å². The number of pyridine rings is 1. The van der Waals surface area contributed by atoms with Gasteiger partial charge in [-0.2, -0.15) is 0 Å². The lowest BCUT2D eigenvalue weighted by Gasteiger charge is -1.99. The molecule has 1 nitrogen and oxygen atoms in total. The van der Waals surface area contributed by atoms with Crippen molar-refractivity contribution in [3.05, 3.63) is 30.1 Å². The Balaban J connectivity index is 1.99. The van der Waals surface area contributed by atoms with Crippen LogP contribution in [-0.4, -0.2) is 12.3 Å². The quantitative estimate of drug-likeness (QED) is 0.472. The van der Waals surface area contributed by atoms with Gasteiger partial charge in [0.15, 0.2) is 0 Å². The largest absolute Gasteiger partial charge is 0.261 e. The molecule has 0 bridgehead atoms. The Labute approximate surface area is 88.2 Å². The van der Waals surface area contributed by atoms with E-state index in [9.17, 15) is 0 Å². The highest BCUT2D eigenvalue weighted by atomic mass is 14.7. The first kappa shape index (κ1) is 11.3. The summed E-state index contributed by atoms with van der Waals surface area (Å²) in [7, 11) is 2.41. The molecule has 0 saturated heterocycles. The lowest BCUT2D eigenvalue weighted by molar-refractivity contribution is 0.852. The Morgan fingerprint density at radius 1 is 1.21 bits per heavy atom. The molecule has 0 unspecified atom stereocenters. The first-order valence-electron chi connectivity index (χ1n) is 5.65. The van der Waals surface area contributed by atoms with Gasteiger partial charge in [0.25, 0.3) is 0 Å². The third kappa shape index (κ3) is 5.06. The van der Waals surface area contributed by atoms with Crippen LogP contribution in [0, 0.1) is 0 Å². The van der Waals surface area contributed by atoms with Crippen LogP contribution in [0.3, 0.4) is 0 Å². The summed E-state index contributed by atoms with van der Waals surface area (Å²) in [5, 5.41) is 0. The first-order valence-corrected chi connectivity index (χ1v) is 5.65. The number of rotatable bonds is 7. The molecule has 0 aromatic carbocycles. The molecule has 75 valence electrons. The predicted molar refractivity (Wildman–Crippen MR) is 62.8 cm³/mol. The van der Waals surface area contributed by atoms with Crippen LogP contribution in [-0.2, 0) is 6.42 Å². The number of hydrogen-bond acceptors (Lipinski definition) is 1. The maximum absolute atomic E-state index is 4.30. The third-order valence-corrected chi connectivity index (χ3v) is 2.33. The van der Waals surface area contributed by atoms with Crippen molar-refractivity contribution in [2.45, 2.75) is 45.2 Å². The average Bonchev–Trinajstić information content (AvgIpc) is 2.25. The second kappa shape index (κ2) is 7.60. The molecule has 0 spiro atoms. The van der Waals surface area contributed by atoms with E-state index in [0.717, 1.165) is 6.42 Å². The van der Waals surface area contributed by atoms with Crippen LogP contribution in [0.1, 0.15) is 31.9 Å². The van der Waals surface area contributed by atoms with E-state index in [1.165, 1.54) is 37.6 Å². The van der Waals surface area contributed by atoms with Gasteiger partial charge in [-0.3, -0.25) is 4.98 Å². The number of unbranched alkanes of at least 4 members (excludes halogenated alkanes) is 1. The number of nitrogens with zero attached hydrogens (tertiary/aromatic N) is 1. The highest BCUT2D eigenvalue weighted by molar-refractivity contribution is 6.35. The molecule has 0 aliphatic carbocycles. The smallest absolute Gasteiger partial charge is 0.109 e. The summed E-state index contributed by atoms with van der Waals surface area (Å²) >= 11 is 0. The molecule has 1 aromatic heterocycles. The van der Waals surface area contributed by atoms with Crippen molar-refractivity contribution in [3.8, 4) is 0 Å². The van der Waals surface area contributed by atoms with Crippen LogP contribution in [0.2, 0.25) is 12.6 Å². The summed E-state index contributed by atoms with van der Waals surface area (Å²) in [6.45, 7) is 2.24. The van der Waals surface area contributed by atoms with Crippen molar-refractivity contribution < 1.29 is 0 Å². The lowest BCUT2D eigenvalue weighted by Crippen LogP contribution is -1.93. The van der Waals surface area contributed by atoms with Crippen LogP contribution in [0.15, 0.2) is 24.4 Å². The van der Waals surface area contributed by atoms with Gasteiger partial charge in [-0.1, -0.05) is 44.9 Å². The van der Waals surface area contributed by atoms with Gasteiger partial charge in [0.2, 0.25) is 0 Å². The summed E-state index contributed by atoms with van der Waals surface area (Å²) in [6, 6.07) is 6.13. The summed E-state index contributed by atoms with van der Waals surface area (Å²) in [6.07, 6.45) is 9.37. The summed E-state index contributed by atoms with van der Waals surface area (Å²) in [4.78, 5) is 4.30. The lowest BCUT2D eigenvalue weighted by atomic mass is 9.68. The Bertz CT molecular complexity index is 223. The molecular formula is C12H19BN. The molecule has 1 aromatic rings. The zero-order chi connectivity index (χ0) is 10.1. The van der Waals surface area contributed by atoms with Crippen LogP contribution in [0.4, 0.5) is 0 Å². The Morgan fingerprint density at radius 2 is 2.07 bits per heavy atom. The zero-order valence-electron chi connectivity index (χ0n) is 9.08. The van der Waals surface area contributed by atoms with Gasteiger partial charge in [-0.15, -0.1) is 0 Å². The minimum Gasteiger partial charge on any atom is -0.261 e. The predicted octanol–water partition coefficient (Wildman–Crippen LogP) is 3.36. The fourth-order valence-electron chi connectivity index (χ4n) is 1.47. The van der Waals surface area contributed by atoms with Crippen molar-refractivity contribution in [2.75, 3.05) is 0 Å². The molecule has 14 heavy (non-hydrogen) atoms. The normalized spacial score (nSPS) is 10.1. The third-order valence-electron chi connectivity index (χ3n) is 2.33. The number of aromatic nitrogens is 1. The fraction of sp³-hybridized carbons (Fsp3) is 0.583. The van der Waals surface area contributed by atoms with Gasteiger partial charge in [0, 0.05) is 11.9 Å². The van der Waals surface area contributed by atoms with Crippen LogP contribution >= 0.6 is 0 Å². The maximum atomic E-state index is 4.30. The van der Waals surface area contributed by atoms with E-state index in [1.807, 2.05) is 12.3 Å². The highest BCUT2D eigenvalue weighted by Gasteiger charge is 1.94. The van der Waals surface area contributed by atoms with Gasteiger partial charge in [0.1, 0.15) is 7.28 Å². The molecule has 0 aliphatic rings. The molecule has 1 heterocycles. The Hall–Kier alpha value is -0.785. The molecule has 0 aliphatic heterocycles. The van der Waals surface area contributed by atoms with Gasteiger partial charge in [-0.25, -0.2) is 0 Å². The first-order chi connectivity index (χ1) is 6.93. The number of aryl methyl sites for hydroxylation is 1. The number of hydrogen-bond donors (Lipinski definition) is 0. The summed E-state index contributed by atoms with van der Waals surface area (Å²) in [5.74, 6) is 0. The van der Waals surface area contributed by atoms with E-state index in [0.29, 0.717) is 0 Å². The summed E-state index contributed by atoms with van der Waals surface area (Å²) in [5.41, 5.74) is 1.22. The minimum absolute atomic E-state index is 1.11. The average molecular weight is 188 g/mol. The van der Waals surface area contributed by atoms with Gasteiger partial charge in [0.05, 0.1) is 0 Å². The summed E-state index contributed by atoms with van der Waals surface area (Å²) < 4.78 is 0. The van der Waals surface area contributed by atoms with E-state index >= 15 is 0 Å². The van der Waals surface area contributed by atoms with Gasteiger partial charge < -0.3 is 0 Å². The standard InChI is InChI=1S/C12H19BN/c1-2-3-9-13-10-6-8-12-7-4-5-11-14-12/h4-5,7,11H,2-3,6,8-10H2,1H3. The molecule has 0 fully saturated rings. The molecule has 0 saturated carbocycles. The SMILES string of the molecule is CCCC[B]CCCc1ccccn1. The van der Waals surface area contributed by atoms with E-state index in [4.69, 9.17) is 0 Å². The molecular weight excluding hydrogens is 169 g/mol. The second-order valence-corrected chi connectivity index (χ2v) is 3.64. The topological polar surface area (TPSA) is 12.9 Å². The van der Waals surface area contributed by atoms with Crippen molar-refractivity contribution in [1.82, 2.24) is 4.98 Å². The monoisotopic (exact) mass is 188 g/mol. The molecule has 1 radical (unpaired) electrons. The van der Waals surface area contributed by atoms with E-state index in [-0.39, 0.29) is 0 Å². The second-order valence-electron chi connectivity index (χ2n) is 3.64. The maximum Gasteiger partial charge on any atom is 0.109 e. The zero-order valence-corrected chi connectivity index (χ0v) is 9.08. The Kier molecular flexibility index (Phi) is 6.13. The Morgan fingerprint density at radius 3 is 2.79 bits per heavy atom. The molecule has 0 N–H and O–H groups in total. The van der Waals surface area contributed by atoms with Gasteiger partial charge in [-0.05, 0) is 18.6 Å². The van der Waals surface area contributed by atoms with Crippen LogP contribution < -0.4 is 0 Å². The molecule has 0 amide bonds. The molecule has 0 atom stereocenters. The van der Waals surface area contributed by atoms with E-state index in [1.54, 1.807) is 0 Å². The fourth-order valence-corrected chi connectivity index (χ4v) is 1.47. The van der Waals surface area contributed by atoms with Crippen molar-refractivity contribution >= 4 is 7.28 Å².